The van der Waals surface area contributed by atoms with E-state index in [0.29, 0.717) is 57.4 Å². The fourth-order valence-electron chi connectivity index (χ4n) is 10.6. The Balaban J connectivity index is 0.900. The molecule has 21 nitrogen and oxygen atoms in total. The predicted molar refractivity (Wildman–Crippen MR) is 279 cm³/mol. The highest BCUT2D eigenvalue weighted by atomic mass is 19.1. The zero-order valence-electron chi connectivity index (χ0n) is 44.5. The van der Waals surface area contributed by atoms with Crippen LogP contribution in [-0.4, -0.2) is 110 Å². The van der Waals surface area contributed by atoms with Gasteiger partial charge < -0.3 is 40.4 Å². The number of hydrogen-bond acceptors (Lipinski definition) is 15. The molecule has 3 aliphatic heterocycles. The van der Waals surface area contributed by atoms with Crippen LogP contribution in [0.5, 0.6) is 0 Å². The van der Waals surface area contributed by atoms with Crippen molar-refractivity contribution in [2.24, 2.45) is 5.92 Å². The van der Waals surface area contributed by atoms with Crippen LogP contribution in [0.15, 0.2) is 59.4 Å². The maximum atomic E-state index is 15.5. The van der Waals surface area contributed by atoms with E-state index in [-0.39, 0.29) is 68.4 Å². The number of ether oxygens (including phenoxy) is 2. The van der Waals surface area contributed by atoms with Crippen LogP contribution in [0, 0.1) is 18.7 Å². The molecule has 416 valence electrons. The van der Waals surface area contributed by atoms with Crippen LogP contribution in [0.25, 0.3) is 22.3 Å². The second kappa shape index (κ2) is 23.4. The zero-order valence-corrected chi connectivity index (χ0v) is 44.5. The molecule has 0 saturated carbocycles. The van der Waals surface area contributed by atoms with E-state index in [1.165, 1.54) is 10.6 Å². The smallest absolute Gasteiger partial charge is 0.343 e. The van der Waals surface area contributed by atoms with Crippen LogP contribution >= 0.6 is 0 Å². The molecular formula is C57H62FN7O14. The normalized spacial score (nSPS) is 17.7. The Hall–Kier alpha value is -8.27. The van der Waals surface area contributed by atoms with Crippen molar-refractivity contribution in [3.63, 3.8) is 0 Å². The molecule has 5 N–H and O–H groups in total. The average molecular weight is 1090 g/mol. The summed E-state index contributed by atoms with van der Waals surface area (Å²) in [7, 11) is 0. The highest BCUT2D eigenvalue weighted by Gasteiger charge is 2.46. The van der Waals surface area contributed by atoms with E-state index in [2.05, 4.69) is 21.3 Å². The summed E-state index contributed by atoms with van der Waals surface area (Å²) >= 11 is 0. The zero-order chi connectivity index (χ0) is 57.1. The Morgan fingerprint density at radius 3 is 2.32 bits per heavy atom. The van der Waals surface area contributed by atoms with Crippen LogP contribution in [0.4, 0.5) is 4.39 Å². The number of halogens is 1. The lowest BCUT2D eigenvalue weighted by Crippen LogP contribution is -2.44. The minimum absolute atomic E-state index is 0.0202. The van der Waals surface area contributed by atoms with E-state index >= 15 is 4.39 Å². The second-order valence-electron chi connectivity index (χ2n) is 21.2. The number of amides is 6. The topological polar surface area (TPSA) is 296 Å². The Morgan fingerprint density at radius 1 is 0.899 bits per heavy atom. The molecule has 0 spiro atoms. The summed E-state index contributed by atoms with van der Waals surface area (Å²) in [6.07, 6.45) is 1.09. The fraction of sp³-hybridized carbons (Fsp3) is 0.439. The number of rotatable bonds is 22. The summed E-state index contributed by atoms with van der Waals surface area (Å²) in [5, 5.41) is 22.7. The Morgan fingerprint density at radius 2 is 1.62 bits per heavy atom. The predicted octanol–water partition coefficient (Wildman–Crippen LogP) is 2.95. The summed E-state index contributed by atoms with van der Waals surface area (Å²) in [5.41, 5.74) is 0.710. The average Bonchev–Trinajstić information content (AvgIpc) is 3.93. The standard InChI is InChI=1S/C57H62FN7O14/c1-6-57(77)37-23-42-52-35(28-65(42)54(75)36(37)29-78-55(57)76)51-39(15-14-34-30(2)38(58)24-41(63-52)50(34)51)61-46(70)27-60-53(74)32(21-31-11-8-7-9-12-31)22-33(66)26-59-44(68)17-16-43(67)40(25-49(73)79-56(3,4)5)62-45(69)13-10-20-64-47(71)18-19-48(64)72/h7-9,11-12,18-19,23-24,32,39-40,77H,6,10,13-17,20-22,25-29H2,1-5H3,(H,59,68)(H,60,74)(H,61,70)(H,62,69)/t32-,39+,40+,57+/m1/s1. The molecule has 5 heterocycles. The highest BCUT2D eigenvalue weighted by molar-refractivity contribution is 6.13. The van der Waals surface area contributed by atoms with Gasteiger partial charge in [-0.25, -0.2) is 14.2 Å². The summed E-state index contributed by atoms with van der Waals surface area (Å²) in [6.45, 7) is 6.76. The van der Waals surface area contributed by atoms with E-state index in [1.54, 1.807) is 71.0 Å². The quantitative estimate of drug-likeness (QED) is 0.0492. The van der Waals surface area contributed by atoms with Crippen LogP contribution in [-0.2, 0) is 89.0 Å². The maximum Gasteiger partial charge on any atom is 0.343 e. The van der Waals surface area contributed by atoms with Gasteiger partial charge in [-0.3, -0.25) is 52.8 Å². The second-order valence-corrected chi connectivity index (χ2v) is 21.2. The number of hydrogen-bond donors (Lipinski definition) is 5. The number of carbonyl (C=O) groups excluding carboxylic acids is 10. The molecule has 79 heavy (non-hydrogen) atoms. The molecule has 22 heteroatoms. The van der Waals surface area contributed by atoms with Gasteiger partial charge in [-0.05, 0) is 88.1 Å². The molecule has 1 aliphatic carbocycles. The molecule has 4 aliphatic rings. The molecule has 6 amide bonds. The number of fused-ring (bicyclic) bond motifs is 5. The van der Waals surface area contributed by atoms with Crippen molar-refractivity contribution >= 4 is 69.9 Å². The molecule has 8 rings (SSSR count). The number of carbonyl (C=O) groups is 10. The summed E-state index contributed by atoms with van der Waals surface area (Å²) in [5.74, 6) is -7.94. The van der Waals surface area contributed by atoms with Gasteiger partial charge in [-0.2, -0.15) is 0 Å². The number of pyridine rings is 2. The fourth-order valence-corrected chi connectivity index (χ4v) is 10.6. The van der Waals surface area contributed by atoms with E-state index in [0.717, 1.165) is 17.1 Å². The molecule has 0 bridgehead atoms. The first-order valence-corrected chi connectivity index (χ1v) is 26.2. The van der Waals surface area contributed by atoms with Crippen LogP contribution < -0.4 is 26.8 Å². The van der Waals surface area contributed by atoms with Crippen molar-refractivity contribution in [2.45, 2.75) is 135 Å². The molecule has 4 atom stereocenters. The number of aliphatic hydroxyl groups is 1. The molecule has 0 fully saturated rings. The van der Waals surface area contributed by atoms with Gasteiger partial charge >= 0.3 is 11.9 Å². The lowest BCUT2D eigenvalue weighted by molar-refractivity contribution is -0.172. The number of nitrogens with one attached hydrogen (secondary N) is 4. The van der Waals surface area contributed by atoms with Gasteiger partial charge in [0, 0.05) is 72.9 Å². The molecule has 4 aromatic rings. The third-order valence-corrected chi connectivity index (χ3v) is 14.6. The SMILES string of the molecule is CC[C@@]1(O)C(=O)OCc2c1cc1n(c2=O)Cc2c-1nc1cc(F)c(C)c3c1c2[C@@H](NC(=O)CNC(=O)[C@@H](CC(=O)CNC(=O)CCC(=O)[C@H](CC(=O)OC(C)(C)C)NC(=O)CCCN1C(=O)C=CC1=O)Cc1ccccc1)CC3. The van der Waals surface area contributed by atoms with Gasteiger partial charge in [-0.15, -0.1) is 0 Å². The van der Waals surface area contributed by atoms with Crippen molar-refractivity contribution < 1.29 is 66.9 Å². The van der Waals surface area contributed by atoms with E-state index < -0.39 is 132 Å². The minimum atomic E-state index is -2.08. The van der Waals surface area contributed by atoms with Crippen molar-refractivity contribution in [2.75, 3.05) is 19.6 Å². The monoisotopic (exact) mass is 1090 g/mol. The molecular weight excluding hydrogens is 1030 g/mol. The van der Waals surface area contributed by atoms with E-state index in [9.17, 15) is 57.8 Å². The Bertz CT molecular complexity index is 3290. The largest absolute Gasteiger partial charge is 0.460 e. The van der Waals surface area contributed by atoms with Gasteiger partial charge in [-0.1, -0.05) is 37.3 Å². The number of Topliss-reactive ketones (excluding diaryl/α,β-unsaturated/α-hetero) is 2. The number of ketones is 2. The lowest BCUT2D eigenvalue weighted by atomic mass is 9.81. The van der Waals surface area contributed by atoms with Crippen molar-refractivity contribution in [3.05, 3.63) is 110 Å². The van der Waals surface area contributed by atoms with Gasteiger partial charge in [0.1, 0.15) is 18.0 Å². The van der Waals surface area contributed by atoms with E-state index in [4.69, 9.17) is 14.5 Å². The number of nitrogens with zero attached hydrogens (tertiary/aromatic N) is 3. The van der Waals surface area contributed by atoms with E-state index in [1.807, 2.05) is 0 Å². The first-order valence-electron chi connectivity index (χ1n) is 26.2. The first kappa shape index (κ1) is 56.9. The van der Waals surface area contributed by atoms with Crippen LogP contribution in [0.2, 0.25) is 0 Å². The molecule has 0 saturated heterocycles. The summed E-state index contributed by atoms with van der Waals surface area (Å²) in [4.78, 5) is 150. The Kier molecular flexibility index (Phi) is 16.8. The van der Waals surface area contributed by atoms with Gasteiger partial charge in [0.2, 0.25) is 23.6 Å². The third-order valence-electron chi connectivity index (χ3n) is 14.6. The molecule has 2 aromatic carbocycles. The molecule has 2 aromatic heterocycles. The van der Waals surface area contributed by atoms with Crippen molar-refractivity contribution in [1.29, 1.82) is 0 Å². The van der Waals surface area contributed by atoms with Gasteiger partial charge in [0.05, 0.1) is 60.6 Å². The van der Waals surface area contributed by atoms with Gasteiger partial charge in [0.25, 0.3) is 17.4 Å². The van der Waals surface area contributed by atoms with Crippen molar-refractivity contribution in [1.82, 2.24) is 35.7 Å². The first-order chi connectivity index (χ1) is 37.5. The lowest BCUT2D eigenvalue weighted by Gasteiger charge is -2.31. The summed E-state index contributed by atoms with van der Waals surface area (Å²) in [6, 6.07) is 9.64. The molecule has 0 unspecified atom stereocenters. The summed E-state index contributed by atoms with van der Waals surface area (Å²) < 4.78 is 27.5. The van der Waals surface area contributed by atoms with Crippen molar-refractivity contribution in [3.8, 4) is 11.4 Å². The Labute approximate surface area is 453 Å². The number of benzene rings is 2. The van der Waals surface area contributed by atoms with Crippen LogP contribution in [0.3, 0.4) is 0 Å². The molecule has 0 radical (unpaired) electrons. The maximum absolute atomic E-state index is 15.5. The highest BCUT2D eigenvalue weighted by Crippen LogP contribution is 2.46. The number of aromatic nitrogens is 2. The number of imide groups is 1. The minimum Gasteiger partial charge on any atom is -0.460 e. The third kappa shape index (κ3) is 12.5. The number of aryl methyl sites for hydroxylation is 1. The number of esters is 2. The van der Waals surface area contributed by atoms with Gasteiger partial charge in [0.15, 0.2) is 17.2 Å². The van der Waals surface area contributed by atoms with Crippen LogP contribution in [0.1, 0.15) is 124 Å². The number of cyclic esters (lactones) is 1.